The van der Waals surface area contributed by atoms with Gasteiger partial charge in [-0.15, -0.1) is 0 Å². The summed E-state index contributed by atoms with van der Waals surface area (Å²) in [5, 5.41) is 6.23. The maximum Gasteiger partial charge on any atom is 0.338 e. The van der Waals surface area contributed by atoms with Crippen molar-refractivity contribution in [2.24, 2.45) is 0 Å². The van der Waals surface area contributed by atoms with Crippen LogP contribution in [0.25, 0.3) is 0 Å². The lowest BCUT2D eigenvalue weighted by molar-refractivity contribution is -0.139. The van der Waals surface area contributed by atoms with Crippen LogP contribution in [0.2, 0.25) is 5.02 Å². The number of nitrogens with one attached hydrogen (secondary N) is 2. The van der Waals surface area contributed by atoms with Crippen molar-refractivity contribution in [1.29, 1.82) is 0 Å². The van der Waals surface area contributed by atoms with Crippen LogP contribution in [0.15, 0.2) is 53.7 Å². The second kappa shape index (κ2) is 11.6. The number of ether oxygens (including phenoxy) is 3. The first-order valence-electron chi connectivity index (χ1n) is 11.0. The van der Waals surface area contributed by atoms with E-state index in [2.05, 4.69) is 10.6 Å². The molecule has 1 unspecified atom stereocenters. The number of allylic oxidation sites excluding steroid dienone is 1. The van der Waals surface area contributed by atoms with Crippen LogP contribution in [-0.2, 0) is 16.1 Å². The van der Waals surface area contributed by atoms with Gasteiger partial charge in [0.2, 0.25) is 0 Å². The molecule has 1 aliphatic heterocycles. The monoisotopic (exact) mass is 472 g/mol. The average Bonchev–Trinajstić information content (AvgIpc) is 2.81. The Morgan fingerprint density at radius 3 is 2.61 bits per heavy atom. The summed E-state index contributed by atoms with van der Waals surface area (Å²) < 4.78 is 17.0. The van der Waals surface area contributed by atoms with Crippen LogP contribution < -0.4 is 20.1 Å². The molecule has 0 aliphatic carbocycles. The van der Waals surface area contributed by atoms with Crippen molar-refractivity contribution >= 4 is 23.6 Å². The Bertz CT molecular complexity index is 1040. The summed E-state index contributed by atoms with van der Waals surface area (Å²) in [6.07, 6.45) is 2.28. The minimum absolute atomic E-state index is 0.188. The van der Waals surface area contributed by atoms with E-state index in [1.807, 2.05) is 25.1 Å². The smallest absolute Gasteiger partial charge is 0.338 e. The van der Waals surface area contributed by atoms with Gasteiger partial charge in [-0.05, 0) is 31.9 Å². The first-order chi connectivity index (χ1) is 16.0. The van der Waals surface area contributed by atoms with Crippen LogP contribution in [-0.4, -0.2) is 25.7 Å². The van der Waals surface area contributed by atoms with Crippen molar-refractivity contribution in [3.05, 3.63) is 69.9 Å². The molecule has 0 spiro atoms. The summed E-state index contributed by atoms with van der Waals surface area (Å²) in [5.74, 6) is 0.412. The zero-order valence-electron chi connectivity index (χ0n) is 19.1. The fourth-order valence-electron chi connectivity index (χ4n) is 3.69. The molecule has 0 saturated heterocycles. The number of halogens is 1. The van der Waals surface area contributed by atoms with Gasteiger partial charge in [-0.1, -0.05) is 55.3 Å². The van der Waals surface area contributed by atoms with Crippen molar-refractivity contribution in [3.63, 3.8) is 0 Å². The number of amides is 2. The lowest BCUT2D eigenvalue weighted by atomic mass is 9.92. The predicted molar refractivity (Wildman–Crippen MR) is 126 cm³/mol. The van der Waals surface area contributed by atoms with Crippen molar-refractivity contribution in [1.82, 2.24) is 10.6 Å². The number of esters is 1. The third-order valence-corrected chi connectivity index (χ3v) is 5.67. The molecule has 2 N–H and O–H groups in total. The Morgan fingerprint density at radius 2 is 1.91 bits per heavy atom. The van der Waals surface area contributed by atoms with Gasteiger partial charge in [0.15, 0.2) is 11.5 Å². The van der Waals surface area contributed by atoms with Crippen LogP contribution in [0.5, 0.6) is 11.5 Å². The van der Waals surface area contributed by atoms with Gasteiger partial charge in [-0.3, -0.25) is 0 Å². The van der Waals surface area contributed by atoms with E-state index in [4.69, 9.17) is 25.8 Å². The Hall–Kier alpha value is -3.19. The standard InChI is InChI=1S/C25H29ClN2O5/c1-4-6-13-19-21(24(29)32-5-2)22(28-25(30)27-19)17-11-9-14-20(31-3)23(17)33-15-16-10-7-8-12-18(16)26/h7-12,14,22H,4-6,13,15H2,1-3H3,(H2,27,28,30). The van der Waals surface area contributed by atoms with E-state index in [0.717, 1.165) is 18.4 Å². The molecular weight excluding hydrogens is 444 g/mol. The van der Waals surface area contributed by atoms with E-state index in [0.29, 0.717) is 39.8 Å². The summed E-state index contributed by atoms with van der Waals surface area (Å²) >= 11 is 6.29. The van der Waals surface area contributed by atoms with Crippen LogP contribution in [0, 0.1) is 0 Å². The van der Waals surface area contributed by atoms with E-state index in [9.17, 15) is 9.59 Å². The molecule has 0 fully saturated rings. The van der Waals surface area contributed by atoms with Gasteiger partial charge in [-0.25, -0.2) is 9.59 Å². The molecule has 176 valence electrons. The van der Waals surface area contributed by atoms with Gasteiger partial charge in [0.1, 0.15) is 6.61 Å². The first-order valence-corrected chi connectivity index (χ1v) is 11.4. The second-order valence-electron chi connectivity index (χ2n) is 7.51. The molecule has 0 radical (unpaired) electrons. The van der Waals surface area contributed by atoms with Crippen LogP contribution in [0.4, 0.5) is 4.79 Å². The largest absolute Gasteiger partial charge is 0.493 e. The maximum atomic E-state index is 13.0. The molecule has 8 heteroatoms. The average molecular weight is 473 g/mol. The minimum Gasteiger partial charge on any atom is -0.493 e. The number of benzene rings is 2. The lowest BCUT2D eigenvalue weighted by Gasteiger charge is -2.30. The zero-order chi connectivity index (χ0) is 23.8. The molecule has 1 heterocycles. The molecule has 2 aromatic rings. The van der Waals surface area contributed by atoms with Crippen LogP contribution in [0.1, 0.15) is 50.3 Å². The van der Waals surface area contributed by atoms with E-state index >= 15 is 0 Å². The summed E-state index contributed by atoms with van der Waals surface area (Å²) in [4.78, 5) is 25.5. The Morgan fingerprint density at radius 1 is 1.12 bits per heavy atom. The first kappa shape index (κ1) is 24.5. The number of carbonyl (C=O) groups is 2. The molecular formula is C25H29ClN2O5. The van der Waals surface area contributed by atoms with Gasteiger partial charge in [0.25, 0.3) is 0 Å². The number of hydrogen-bond donors (Lipinski definition) is 2. The van der Waals surface area contributed by atoms with E-state index in [1.165, 1.54) is 7.11 Å². The zero-order valence-corrected chi connectivity index (χ0v) is 19.8. The summed E-state index contributed by atoms with van der Waals surface area (Å²) in [7, 11) is 1.54. The fourth-order valence-corrected chi connectivity index (χ4v) is 3.88. The number of methoxy groups -OCH3 is 1. The minimum atomic E-state index is -0.763. The molecule has 0 bridgehead atoms. The van der Waals surface area contributed by atoms with Gasteiger partial charge in [0.05, 0.1) is 25.3 Å². The molecule has 7 nitrogen and oxygen atoms in total. The number of hydrogen-bond acceptors (Lipinski definition) is 5. The second-order valence-corrected chi connectivity index (χ2v) is 7.91. The summed E-state index contributed by atoms with van der Waals surface area (Å²) in [5.41, 5.74) is 2.31. The van der Waals surface area contributed by atoms with Gasteiger partial charge >= 0.3 is 12.0 Å². The van der Waals surface area contributed by atoms with Gasteiger partial charge < -0.3 is 24.8 Å². The van der Waals surface area contributed by atoms with Crippen molar-refractivity contribution < 1.29 is 23.8 Å². The highest BCUT2D eigenvalue weighted by Crippen LogP contribution is 2.40. The molecule has 33 heavy (non-hydrogen) atoms. The third-order valence-electron chi connectivity index (χ3n) is 5.30. The van der Waals surface area contributed by atoms with Gasteiger partial charge in [0, 0.05) is 21.8 Å². The van der Waals surface area contributed by atoms with E-state index in [1.54, 1.807) is 31.2 Å². The molecule has 3 rings (SSSR count). The van der Waals surface area contributed by atoms with Crippen molar-refractivity contribution in [2.45, 2.75) is 45.8 Å². The van der Waals surface area contributed by atoms with Crippen LogP contribution in [0.3, 0.4) is 0 Å². The SMILES string of the molecule is CCCCC1=C(C(=O)OCC)C(c2cccc(OC)c2OCc2ccccc2Cl)NC(=O)N1. The van der Waals surface area contributed by atoms with Crippen molar-refractivity contribution in [3.8, 4) is 11.5 Å². The quantitative estimate of drug-likeness (QED) is 0.459. The molecule has 1 aliphatic rings. The highest BCUT2D eigenvalue weighted by Gasteiger charge is 2.35. The predicted octanol–water partition coefficient (Wildman–Crippen LogP) is 5.29. The third kappa shape index (κ3) is 5.79. The molecule has 0 saturated carbocycles. The van der Waals surface area contributed by atoms with Crippen molar-refractivity contribution in [2.75, 3.05) is 13.7 Å². The molecule has 0 aromatic heterocycles. The molecule has 1 atom stereocenters. The van der Waals surface area contributed by atoms with Gasteiger partial charge in [-0.2, -0.15) is 0 Å². The topological polar surface area (TPSA) is 85.9 Å². The number of rotatable bonds is 10. The van der Waals surface area contributed by atoms with E-state index in [-0.39, 0.29) is 19.2 Å². The van der Waals surface area contributed by atoms with E-state index < -0.39 is 12.0 Å². The Balaban J connectivity index is 2.07. The number of para-hydroxylation sites is 1. The Labute approximate surface area is 199 Å². The summed E-state index contributed by atoms with van der Waals surface area (Å²) in [6, 6.07) is 11.6. The number of urea groups is 1. The Kier molecular flexibility index (Phi) is 8.60. The number of carbonyl (C=O) groups excluding carboxylic acids is 2. The molecule has 2 aromatic carbocycles. The molecule has 2 amide bonds. The highest BCUT2D eigenvalue weighted by atomic mass is 35.5. The summed E-state index contributed by atoms with van der Waals surface area (Å²) in [6.45, 7) is 4.20. The number of unbranched alkanes of at least 4 members (excludes halogenated alkanes) is 1. The maximum absolute atomic E-state index is 13.0. The highest BCUT2D eigenvalue weighted by molar-refractivity contribution is 6.31. The fraction of sp³-hybridized carbons (Fsp3) is 0.360. The normalized spacial score (nSPS) is 15.5. The van der Waals surface area contributed by atoms with Crippen LogP contribution >= 0.6 is 11.6 Å². The lowest BCUT2D eigenvalue weighted by Crippen LogP contribution is -2.46.